The Bertz CT molecular complexity index is 1980. The smallest absolute Gasteiger partial charge is 0.303 e. The van der Waals surface area contributed by atoms with Gasteiger partial charge in [-0.2, -0.15) is 5.26 Å². The fourth-order valence-electron chi connectivity index (χ4n) is 6.28. The number of rotatable bonds is 10. The third-order valence-electron chi connectivity index (χ3n) is 8.29. The average Bonchev–Trinajstić information content (AvgIpc) is 3.73. The van der Waals surface area contributed by atoms with E-state index >= 15 is 0 Å². The second kappa shape index (κ2) is 10.9. The molecule has 0 saturated carbocycles. The molecular weight excluding hydrogens is 560 g/mol. The molecule has 0 amide bonds. The maximum absolute atomic E-state index is 11.2. The van der Waals surface area contributed by atoms with E-state index in [1.165, 1.54) is 0 Å². The molecule has 7 rings (SSSR count). The highest BCUT2D eigenvalue weighted by molar-refractivity contribution is 6.09. The van der Waals surface area contributed by atoms with Crippen molar-refractivity contribution in [1.82, 2.24) is 4.98 Å². The zero-order valence-electron chi connectivity index (χ0n) is 23.6. The molecule has 0 bridgehead atoms. The molecule has 0 radical (unpaired) electrons. The van der Waals surface area contributed by atoms with E-state index in [1.54, 1.807) is 12.1 Å². The first-order valence-corrected chi connectivity index (χ1v) is 14.5. The summed E-state index contributed by atoms with van der Waals surface area (Å²) < 4.78 is 13.1. The van der Waals surface area contributed by atoms with E-state index in [2.05, 4.69) is 17.1 Å². The summed E-state index contributed by atoms with van der Waals surface area (Å²) in [5.41, 5.74) is 6.71. The molecule has 2 aromatic heterocycles. The van der Waals surface area contributed by atoms with E-state index in [-0.39, 0.29) is 18.9 Å². The number of hydrogen-bond acceptors (Lipinski definition) is 7. The summed E-state index contributed by atoms with van der Waals surface area (Å²) in [5.74, 6) is -0.581. The lowest BCUT2D eigenvalue weighted by atomic mass is 9.87. The summed E-state index contributed by atoms with van der Waals surface area (Å²) in [6.07, 6.45) is 0.409. The van der Waals surface area contributed by atoms with Gasteiger partial charge in [0, 0.05) is 70.7 Å². The SMILES string of the molecule is N#Cc1ccc(C2=NC3c4[nH]c5ccccc5c4-c4c(oc5cc(N(CCCC(=O)O)CCCC(=O)O)ccc45)C3O2)cc1. The largest absolute Gasteiger partial charge is 0.481 e. The lowest BCUT2D eigenvalue weighted by molar-refractivity contribution is -0.138. The number of ether oxygens (including phenoxy) is 1. The average molecular weight is 589 g/mol. The summed E-state index contributed by atoms with van der Waals surface area (Å²) >= 11 is 0. The predicted molar refractivity (Wildman–Crippen MR) is 164 cm³/mol. The normalized spacial score (nSPS) is 16.5. The number of carbonyl (C=O) groups is 2. The lowest BCUT2D eigenvalue weighted by Crippen LogP contribution is -2.26. The molecule has 3 aromatic carbocycles. The number of carboxylic acid groups (broad SMARTS) is 2. The Balaban J connectivity index is 1.31. The molecule has 5 aromatic rings. The van der Waals surface area contributed by atoms with Crippen LogP contribution in [0.3, 0.4) is 0 Å². The molecule has 0 spiro atoms. The monoisotopic (exact) mass is 588 g/mol. The zero-order valence-corrected chi connectivity index (χ0v) is 23.6. The number of fused-ring (bicyclic) bond motifs is 10. The molecule has 3 heterocycles. The van der Waals surface area contributed by atoms with E-state index < -0.39 is 18.0 Å². The lowest BCUT2D eigenvalue weighted by Gasteiger charge is -2.24. The van der Waals surface area contributed by atoms with Crippen LogP contribution >= 0.6 is 0 Å². The number of para-hydroxylation sites is 1. The van der Waals surface area contributed by atoms with Crippen molar-refractivity contribution >= 4 is 45.4 Å². The predicted octanol–water partition coefficient (Wildman–Crippen LogP) is 6.56. The van der Waals surface area contributed by atoms with E-state index in [4.69, 9.17) is 24.4 Å². The summed E-state index contributed by atoms with van der Waals surface area (Å²) in [4.78, 5) is 32.9. The van der Waals surface area contributed by atoms with Gasteiger partial charge in [0.1, 0.15) is 11.6 Å². The second-order valence-corrected chi connectivity index (χ2v) is 11.1. The number of nitrogens with one attached hydrogen (secondary N) is 1. The Kier molecular flexibility index (Phi) is 6.78. The van der Waals surface area contributed by atoms with Gasteiger partial charge in [-0.25, -0.2) is 4.99 Å². The standard InChI is InChI=1S/C34H28N4O6/c35-18-19-9-11-20(12-10-19)34-37-31-30-28(22-5-1-2-6-24(22)36-30)29-23-14-13-21(17-25(23)43-32(29)33(31)44-34)38(15-3-7-26(39)40)16-4-8-27(41)42/h1-2,5-6,9-14,17,31,33,36H,3-4,7-8,15-16H2,(H,39,40)(H,41,42). The van der Waals surface area contributed by atoms with E-state index in [9.17, 15) is 14.9 Å². The molecule has 0 saturated heterocycles. The molecule has 2 aliphatic rings. The number of hydrogen-bond donors (Lipinski definition) is 3. The summed E-state index contributed by atoms with van der Waals surface area (Å²) in [6.45, 7) is 0.945. The van der Waals surface area contributed by atoms with Crippen LogP contribution in [0, 0.1) is 11.3 Å². The Labute approximate surface area is 251 Å². The molecule has 10 heteroatoms. The van der Waals surface area contributed by atoms with Crippen molar-refractivity contribution < 1.29 is 29.0 Å². The number of nitriles is 1. The molecule has 10 nitrogen and oxygen atoms in total. The molecule has 220 valence electrons. The van der Waals surface area contributed by atoms with Crippen LogP contribution in [0.25, 0.3) is 33.0 Å². The highest BCUT2D eigenvalue weighted by Gasteiger charge is 2.45. The van der Waals surface area contributed by atoms with Gasteiger partial charge in [0.25, 0.3) is 0 Å². The highest BCUT2D eigenvalue weighted by Crippen LogP contribution is 2.56. The van der Waals surface area contributed by atoms with Crippen molar-refractivity contribution in [2.75, 3.05) is 18.0 Å². The number of nitrogens with zero attached hydrogens (tertiary/aromatic N) is 3. The molecule has 1 aliphatic carbocycles. The first-order valence-electron chi connectivity index (χ1n) is 14.5. The Hall–Kier alpha value is -5.56. The molecule has 1 aliphatic heterocycles. The maximum atomic E-state index is 11.2. The third-order valence-corrected chi connectivity index (χ3v) is 8.29. The minimum atomic E-state index is -0.868. The molecule has 3 N–H and O–H groups in total. The van der Waals surface area contributed by atoms with Crippen molar-refractivity contribution in [1.29, 1.82) is 5.26 Å². The Morgan fingerprint density at radius 1 is 0.932 bits per heavy atom. The number of aliphatic imine (C=N–C) groups is 1. The quantitative estimate of drug-likeness (QED) is 0.166. The number of anilines is 1. The maximum Gasteiger partial charge on any atom is 0.303 e. The summed E-state index contributed by atoms with van der Waals surface area (Å²) in [6, 6.07) is 23.0. The van der Waals surface area contributed by atoms with Crippen molar-refractivity contribution in [2.45, 2.75) is 37.8 Å². The number of carboxylic acids is 2. The van der Waals surface area contributed by atoms with Gasteiger partial charge in [0.2, 0.25) is 5.90 Å². The van der Waals surface area contributed by atoms with Crippen LogP contribution in [0.15, 0.2) is 76.1 Å². The Morgan fingerprint density at radius 2 is 1.66 bits per heavy atom. The van der Waals surface area contributed by atoms with Crippen molar-refractivity contribution in [3.63, 3.8) is 0 Å². The van der Waals surface area contributed by atoms with Crippen molar-refractivity contribution in [3.8, 4) is 17.2 Å². The molecule has 2 unspecified atom stereocenters. The molecular formula is C34H28N4O6. The van der Waals surface area contributed by atoms with Gasteiger partial charge < -0.3 is 29.3 Å². The van der Waals surface area contributed by atoms with Crippen LogP contribution < -0.4 is 4.90 Å². The summed E-state index contributed by atoms with van der Waals surface area (Å²) in [7, 11) is 0. The first-order chi connectivity index (χ1) is 21.4. The topological polar surface area (TPSA) is 152 Å². The van der Waals surface area contributed by atoms with Crippen LogP contribution in [-0.4, -0.2) is 46.1 Å². The van der Waals surface area contributed by atoms with Gasteiger partial charge >= 0.3 is 11.9 Å². The van der Waals surface area contributed by atoms with Gasteiger partial charge in [-0.05, 0) is 55.3 Å². The van der Waals surface area contributed by atoms with Crippen molar-refractivity contribution in [2.24, 2.45) is 4.99 Å². The van der Waals surface area contributed by atoms with Gasteiger partial charge in [0.05, 0.1) is 17.3 Å². The molecule has 2 atom stereocenters. The number of furan rings is 1. The van der Waals surface area contributed by atoms with Crippen LogP contribution in [0.2, 0.25) is 0 Å². The minimum Gasteiger partial charge on any atom is -0.481 e. The first kappa shape index (κ1) is 27.3. The number of aromatic nitrogens is 1. The fraction of sp³-hybridized carbons (Fsp3) is 0.235. The number of benzene rings is 3. The molecule has 44 heavy (non-hydrogen) atoms. The van der Waals surface area contributed by atoms with Gasteiger partial charge in [-0.15, -0.1) is 0 Å². The number of H-pyrrole nitrogens is 1. The third kappa shape index (κ3) is 4.72. The summed E-state index contributed by atoms with van der Waals surface area (Å²) in [5, 5.41) is 29.5. The van der Waals surface area contributed by atoms with E-state index in [0.29, 0.717) is 48.7 Å². The number of aliphatic carboxylic acids is 2. The van der Waals surface area contributed by atoms with Crippen LogP contribution in [0.5, 0.6) is 0 Å². The molecule has 0 fully saturated rings. The van der Waals surface area contributed by atoms with E-state index in [0.717, 1.165) is 44.4 Å². The van der Waals surface area contributed by atoms with E-state index in [1.807, 2.05) is 53.4 Å². The highest BCUT2D eigenvalue weighted by atomic mass is 16.5. The van der Waals surface area contributed by atoms with Gasteiger partial charge in [0.15, 0.2) is 11.9 Å². The van der Waals surface area contributed by atoms with Gasteiger partial charge in [-0.3, -0.25) is 9.59 Å². The van der Waals surface area contributed by atoms with Crippen molar-refractivity contribution in [3.05, 3.63) is 89.3 Å². The fourth-order valence-corrected chi connectivity index (χ4v) is 6.28. The Morgan fingerprint density at radius 3 is 2.36 bits per heavy atom. The van der Waals surface area contributed by atoms with Crippen LogP contribution in [0.4, 0.5) is 5.69 Å². The minimum absolute atomic E-state index is 0.0258. The zero-order chi connectivity index (χ0) is 30.4. The number of aromatic amines is 1. The van der Waals surface area contributed by atoms with Crippen LogP contribution in [0.1, 0.15) is 60.4 Å². The van der Waals surface area contributed by atoms with Crippen LogP contribution in [-0.2, 0) is 14.3 Å². The van der Waals surface area contributed by atoms with Gasteiger partial charge in [-0.1, -0.05) is 18.2 Å². The second-order valence-electron chi connectivity index (χ2n) is 11.1.